The number of phenolic OH excluding ortho intramolecular Hbond substituents is 4. The Hall–Kier alpha value is -1.58. The number of aromatic hydroxyl groups is 4. The smallest absolute Gasteiger partial charge is 0.200 e. The second-order valence-corrected chi connectivity index (χ2v) is 2.24. The van der Waals surface area contributed by atoms with E-state index in [4.69, 9.17) is 20.4 Å². The molecule has 1 rings (SSSR count). The average molecular weight is 156 g/mol. The molecular formula is C7H8O4. The molecule has 0 aliphatic rings. The van der Waals surface area contributed by atoms with Crippen LogP contribution < -0.4 is 0 Å². The summed E-state index contributed by atoms with van der Waals surface area (Å²) in [7, 11) is 0. The van der Waals surface area contributed by atoms with Crippen LogP contribution in [-0.4, -0.2) is 20.4 Å². The molecule has 0 saturated heterocycles. The van der Waals surface area contributed by atoms with Crippen molar-refractivity contribution in [2.24, 2.45) is 0 Å². The lowest BCUT2D eigenvalue weighted by atomic mass is 10.2. The van der Waals surface area contributed by atoms with Gasteiger partial charge in [-0.15, -0.1) is 0 Å². The van der Waals surface area contributed by atoms with Gasteiger partial charge in [0.25, 0.3) is 0 Å². The highest BCUT2D eigenvalue weighted by atomic mass is 16.3. The molecule has 11 heavy (non-hydrogen) atoms. The van der Waals surface area contributed by atoms with E-state index in [9.17, 15) is 0 Å². The average Bonchev–Trinajstić information content (AvgIpc) is 1.97. The van der Waals surface area contributed by atoms with Gasteiger partial charge in [-0.2, -0.15) is 0 Å². The Morgan fingerprint density at radius 1 is 0.909 bits per heavy atom. The summed E-state index contributed by atoms with van der Waals surface area (Å²) in [5.74, 6) is -1.90. The van der Waals surface area contributed by atoms with Gasteiger partial charge >= 0.3 is 0 Å². The van der Waals surface area contributed by atoms with Crippen molar-refractivity contribution in [3.8, 4) is 23.0 Å². The molecule has 60 valence electrons. The number of hydrogen-bond donors (Lipinski definition) is 4. The van der Waals surface area contributed by atoms with Gasteiger partial charge in [0.05, 0.1) is 0 Å². The summed E-state index contributed by atoms with van der Waals surface area (Å²) in [6.07, 6.45) is 0. The maximum absolute atomic E-state index is 9.00. The molecule has 0 unspecified atom stereocenters. The van der Waals surface area contributed by atoms with Gasteiger partial charge in [0, 0.05) is 11.6 Å². The van der Waals surface area contributed by atoms with Crippen molar-refractivity contribution in [3.05, 3.63) is 11.6 Å². The summed E-state index contributed by atoms with van der Waals surface area (Å²) in [6, 6.07) is 0.963. The van der Waals surface area contributed by atoms with E-state index in [-0.39, 0.29) is 11.3 Å². The quantitative estimate of drug-likeness (QED) is 0.331. The van der Waals surface area contributed by atoms with Crippen molar-refractivity contribution >= 4 is 0 Å². The van der Waals surface area contributed by atoms with Gasteiger partial charge in [0.15, 0.2) is 11.5 Å². The Balaban J connectivity index is 3.46. The molecule has 0 aliphatic heterocycles. The molecule has 0 heterocycles. The normalized spacial score (nSPS) is 9.91. The van der Waals surface area contributed by atoms with E-state index in [0.29, 0.717) is 0 Å². The van der Waals surface area contributed by atoms with Crippen LogP contribution in [0, 0.1) is 6.92 Å². The SMILES string of the molecule is Cc1c(O)cc(O)c(O)c1O. The fourth-order valence-electron chi connectivity index (χ4n) is 0.726. The summed E-state index contributed by atoms with van der Waals surface area (Å²) < 4.78 is 0. The van der Waals surface area contributed by atoms with Crippen molar-refractivity contribution < 1.29 is 20.4 Å². The lowest BCUT2D eigenvalue weighted by Crippen LogP contribution is -1.78. The lowest BCUT2D eigenvalue weighted by Gasteiger charge is -2.05. The Bertz CT molecular complexity index is 267. The van der Waals surface area contributed by atoms with Crippen LogP contribution in [0.3, 0.4) is 0 Å². The maximum atomic E-state index is 9.00. The molecule has 0 fully saturated rings. The monoisotopic (exact) mass is 156 g/mol. The topological polar surface area (TPSA) is 80.9 Å². The molecule has 4 heteroatoms. The predicted molar refractivity (Wildman–Crippen MR) is 37.8 cm³/mol. The molecule has 1 aromatic rings. The van der Waals surface area contributed by atoms with Gasteiger partial charge < -0.3 is 20.4 Å². The van der Waals surface area contributed by atoms with Crippen LogP contribution in [0.4, 0.5) is 0 Å². The molecule has 0 bridgehead atoms. The van der Waals surface area contributed by atoms with E-state index in [2.05, 4.69) is 0 Å². The first-order chi connectivity index (χ1) is 5.04. The van der Waals surface area contributed by atoms with Crippen molar-refractivity contribution in [1.29, 1.82) is 0 Å². The van der Waals surface area contributed by atoms with Crippen molar-refractivity contribution in [2.75, 3.05) is 0 Å². The maximum Gasteiger partial charge on any atom is 0.200 e. The first kappa shape index (κ1) is 7.53. The first-order valence-electron chi connectivity index (χ1n) is 2.97. The van der Waals surface area contributed by atoms with Crippen LogP contribution in [0.5, 0.6) is 23.0 Å². The third-order valence-electron chi connectivity index (χ3n) is 1.48. The molecule has 0 atom stereocenters. The second-order valence-electron chi connectivity index (χ2n) is 2.24. The fraction of sp³-hybridized carbons (Fsp3) is 0.143. The van der Waals surface area contributed by atoms with Crippen molar-refractivity contribution in [3.63, 3.8) is 0 Å². The zero-order valence-corrected chi connectivity index (χ0v) is 5.87. The Morgan fingerprint density at radius 2 is 1.45 bits per heavy atom. The summed E-state index contributed by atoms with van der Waals surface area (Å²) in [4.78, 5) is 0. The Kier molecular flexibility index (Phi) is 1.53. The van der Waals surface area contributed by atoms with Gasteiger partial charge in [-0.1, -0.05) is 0 Å². The molecule has 0 amide bonds. The lowest BCUT2D eigenvalue weighted by molar-refractivity contribution is 0.358. The van der Waals surface area contributed by atoms with Crippen molar-refractivity contribution in [1.82, 2.24) is 0 Å². The highest BCUT2D eigenvalue weighted by Gasteiger charge is 2.12. The number of hydrogen-bond acceptors (Lipinski definition) is 4. The molecule has 0 aliphatic carbocycles. The molecule has 4 N–H and O–H groups in total. The van der Waals surface area contributed by atoms with Crippen LogP contribution in [0.15, 0.2) is 6.07 Å². The van der Waals surface area contributed by atoms with Gasteiger partial charge in [0.1, 0.15) is 5.75 Å². The minimum atomic E-state index is -0.611. The molecular weight excluding hydrogens is 148 g/mol. The molecule has 1 aromatic carbocycles. The van der Waals surface area contributed by atoms with E-state index in [1.807, 2.05) is 0 Å². The highest BCUT2D eigenvalue weighted by Crippen LogP contribution is 2.41. The first-order valence-corrected chi connectivity index (χ1v) is 2.97. The fourth-order valence-corrected chi connectivity index (χ4v) is 0.726. The molecule has 0 aromatic heterocycles. The second kappa shape index (κ2) is 2.23. The summed E-state index contributed by atoms with van der Waals surface area (Å²) >= 11 is 0. The number of phenols is 4. The molecule has 0 spiro atoms. The summed E-state index contributed by atoms with van der Waals surface area (Å²) in [5.41, 5.74) is 0.139. The molecule has 4 nitrogen and oxygen atoms in total. The van der Waals surface area contributed by atoms with E-state index in [1.54, 1.807) is 0 Å². The number of benzene rings is 1. The largest absolute Gasteiger partial charge is 0.507 e. The molecule has 0 radical (unpaired) electrons. The minimum absolute atomic E-state index is 0.139. The van der Waals surface area contributed by atoms with Gasteiger partial charge in [-0.3, -0.25) is 0 Å². The van der Waals surface area contributed by atoms with Gasteiger partial charge in [-0.25, -0.2) is 0 Å². The van der Waals surface area contributed by atoms with E-state index in [0.717, 1.165) is 6.07 Å². The van der Waals surface area contributed by atoms with E-state index in [1.165, 1.54) is 6.92 Å². The van der Waals surface area contributed by atoms with E-state index >= 15 is 0 Å². The van der Waals surface area contributed by atoms with Crippen LogP contribution >= 0.6 is 0 Å². The third kappa shape index (κ3) is 1.02. The van der Waals surface area contributed by atoms with Crippen LogP contribution in [0.1, 0.15) is 5.56 Å². The van der Waals surface area contributed by atoms with Crippen LogP contribution in [0.25, 0.3) is 0 Å². The summed E-state index contributed by atoms with van der Waals surface area (Å²) in [6.45, 7) is 1.42. The Labute approximate surface area is 63.0 Å². The van der Waals surface area contributed by atoms with E-state index < -0.39 is 17.2 Å². The number of rotatable bonds is 0. The zero-order chi connectivity index (χ0) is 8.59. The van der Waals surface area contributed by atoms with Crippen LogP contribution in [0.2, 0.25) is 0 Å². The van der Waals surface area contributed by atoms with Crippen LogP contribution in [-0.2, 0) is 0 Å². The third-order valence-corrected chi connectivity index (χ3v) is 1.48. The summed E-state index contributed by atoms with van der Waals surface area (Å²) in [5, 5.41) is 35.7. The predicted octanol–water partition coefficient (Wildman–Crippen LogP) is 0.817. The van der Waals surface area contributed by atoms with Crippen molar-refractivity contribution in [2.45, 2.75) is 6.92 Å². The van der Waals surface area contributed by atoms with Gasteiger partial charge in [0.2, 0.25) is 5.75 Å². The minimum Gasteiger partial charge on any atom is -0.507 e. The standard InChI is InChI=1S/C7H8O4/c1-3-4(8)2-5(9)7(11)6(3)10/h2,8-11H,1H3. The van der Waals surface area contributed by atoms with Gasteiger partial charge in [-0.05, 0) is 6.92 Å². The Morgan fingerprint density at radius 3 is 2.00 bits per heavy atom. The highest BCUT2D eigenvalue weighted by molar-refractivity contribution is 5.58. The molecule has 0 saturated carbocycles. The zero-order valence-electron chi connectivity index (χ0n) is 5.87.